The number of anilines is 3. The van der Waals surface area contributed by atoms with Crippen molar-refractivity contribution in [1.82, 2.24) is 10.2 Å². The van der Waals surface area contributed by atoms with Gasteiger partial charge in [0.05, 0.1) is 17.4 Å². The Hall–Kier alpha value is -4.62. The minimum Gasteiger partial charge on any atom is -0.367 e. The number of hydrogen-bond donors (Lipinski definition) is 3. The number of nitrogens with zero attached hydrogens (tertiary/aromatic N) is 2. The van der Waals surface area contributed by atoms with Gasteiger partial charge < -0.3 is 20.9 Å². The molecule has 4 aromatic rings. The van der Waals surface area contributed by atoms with Crippen molar-refractivity contribution in [2.24, 2.45) is 0 Å². The van der Waals surface area contributed by atoms with Crippen LogP contribution in [0.2, 0.25) is 0 Å². The number of nitrogens with one attached hydrogen (secondary N) is 3. The second kappa shape index (κ2) is 12.3. The van der Waals surface area contributed by atoms with Crippen LogP contribution in [0.15, 0.2) is 109 Å². The third kappa shape index (κ3) is 6.27. The van der Waals surface area contributed by atoms with E-state index in [0.29, 0.717) is 16.9 Å². The Labute approximate surface area is 229 Å². The molecule has 0 atom stereocenters. The molecule has 0 unspecified atom stereocenters. The Morgan fingerprint density at radius 3 is 1.82 bits per heavy atom. The van der Waals surface area contributed by atoms with Crippen LogP contribution in [-0.4, -0.2) is 50.1 Å². The number of carbonyl (C=O) groups excluding carboxylic acids is 2. The van der Waals surface area contributed by atoms with Gasteiger partial charge in [-0.15, -0.1) is 0 Å². The van der Waals surface area contributed by atoms with Gasteiger partial charge in [0.2, 0.25) is 0 Å². The lowest BCUT2D eigenvalue weighted by Gasteiger charge is -2.41. The van der Waals surface area contributed by atoms with Crippen LogP contribution in [0.3, 0.4) is 0 Å². The largest absolute Gasteiger partial charge is 0.367 e. The summed E-state index contributed by atoms with van der Waals surface area (Å²) >= 11 is 0. The van der Waals surface area contributed by atoms with E-state index < -0.39 is 0 Å². The maximum absolute atomic E-state index is 12.9. The van der Waals surface area contributed by atoms with Crippen molar-refractivity contribution < 1.29 is 9.59 Å². The summed E-state index contributed by atoms with van der Waals surface area (Å²) in [6, 6.07) is 35.8. The molecule has 3 N–H and O–H groups in total. The topological polar surface area (TPSA) is 76.7 Å². The van der Waals surface area contributed by atoms with Gasteiger partial charge in [0.1, 0.15) is 0 Å². The Morgan fingerprint density at radius 1 is 0.692 bits per heavy atom. The molecule has 0 spiro atoms. The summed E-state index contributed by atoms with van der Waals surface area (Å²) in [5.74, 6) is -0.202. The van der Waals surface area contributed by atoms with Crippen molar-refractivity contribution in [3.63, 3.8) is 0 Å². The number of para-hydroxylation sites is 1. The maximum Gasteiger partial charge on any atom is 0.323 e. The van der Waals surface area contributed by atoms with Crippen molar-refractivity contribution in [2.45, 2.75) is 6.04 Å². The lowest BCUT2D eigenvalue weighted by molar-refractivity contribution is 0.0963. The first-order valence-corrected chi connectivity index (χ1v) is 13.2. The highest BCUT2D eigenvalue weighted by molar-refractivity contribution is 6.04. The van der Waals surface area contributed by atoms with E-state index >= 15 is 0 Å². The van der Waals surface area contributed by atoms with Gasteiger partial charge in [-0.2, -0.15) is 0 Å². The van der Waals surface area contributed by atoms with Gasteiger partial charge >= 0.3 is 6.03 Å². The van der Waals surface area contributed by atoms with Crippen LogP contribution < -0.4 is 20.9 Å². The molecule has 7 nitrogen and oxygen atoms in total. The number of carbonyl (C=O) groups is 2. The van der Waals surface area contributed by atoms with E-state index in [1.807, 2.05) is 36.4 Å². The van der Waals surface area contributed by atoms with Gasteiger partial charge in [0, 0.05) is 44.5 Å². The highest BCUT2D eigenvalue weighted by Crippen LogP contribution is 2.33. The van der Waals surface area contributed by atoms with E-state index in [2.05, 4.69) is 86.4 Å². The third-order valence-corrected chi connectivity index (χ3v) is 7.02. The monoisotopic (exact) mass is 519 g/mol. The standard InChI is InChI=1S/C32H33N5O2/c1-33-31(38)26-17-18-29(28(23-26)35-32(39)34-27-15-9-4-10-16-27)36-19-21-37(22-20-36)30(24-11-5-2-6-12-24)25-13-7-3-8-14-25/h2-18,23,30H,19-22H2,1H3,(H,33,38)(H2,34,35,39). The van der Waals surface area contributed by atoms with Gasteiger partial charge in [-0.25, -0.2) is 4.79 Å². The molecule has 39 heavy (non-hydrogen) atoms. The van der Waals surface area contributed by atoms with E-state index in [-0.39, 0.29) is 18.0 Å². The molecule has 3 amide bonds. The van der Waals surface area contributed by atoms with E-state index in [1.54, 1.807) is 19.2 Å². The summed E-state index contributed by atoms with van der Waals surface area (Å²) in [7, 11) is 1.60. The van der Waals surface area contributed by atoms with E-state index in [1.165, 1.54) is 11.1 Å². The van der Waals surface area contributed by atoms with E-state index in [9.17, 15) is 9.59 Å². The molecule has 0 aliphatic carbocycles. The predicted molar refractivity (Wildman–Crippen MR) is 157 cm³/mol. The summed E-state index contributed by atoms with van der Waals surface area (Å²) in [5.41, 5.74) is 5.21. The van der Waals surface area contributed by atoms with Crippen LogP contribution in [0.25, 0.3) is 0 Å². The molecule has 0 radical (unpaired) electrons. The molecule has 1 heterocycles. The Bertz CT molecular complexity index is 1350. The summed E-state index contributed by atoms with van der Waals surface area (Å²) in [6.07, 6.45) is 0. The molecule has 0 aromatic heterocycles. The lowest BCUT2D eigenvalue weighted by atomic mass is 9.96. The first kappa shape index (κ1) is 26.0. The van der Waals surface area contributed by atoms with Crippen molar-refractivity contribution in [2.75, 3.05) is 48.8 Å². The zero-order valence-electron chi connectivity index (χ0n) is 22.0. The van der Waals surface area contributed by atoms with Crippen LogP contribution in [0.5, 0.6) is 0 Å². The van der Waals surface area contributed by atoms with Crippen LogP contribution in [0.1, 0.15) is 27.5 Å². The fraction of sp³-hybridized carbons (Fsp3) is 0.188. The second-order valence-corrected chi connectivity index (χ2v) is 9.50. The van der Waals surface area contributed by atoms with Gasteiger partial charge in [0.15, 0.2) is 0 Å². The molecular formula is C32H33N5O2. The van der Waals surface area contributed by atoms with Crippen LogP contribution in [0.4, 0.5) is 21.9 Å². The Morgan fingerprint density at radius 2 is 1.26 bits per heavy atom. The molecule has 0 bridgehead atoms. The minimum atomic E-state index is -0.358. The van der Waals surface area contributed by atoms with Crippen LogP contribution >= 0.6 is 0 Å². The zero-order valence-corrected chi connectivity index (χ0v) is 22.0. The summed E-state index contributed by atoms with van der Waals surface area (Å²) in [5, 5.41) is 8.50. The molecule has 0 saturated carbocycles. The predicted octanol–water partition coefficient (Wildman–Crippen LogP) is 5.60. The molecule has 1 aliphatic heterocycles. The highest BCUT2D eigenvalue weighted by atomic mass is 16.2. The number of amides is 3. The summed E-state index contributed by atoms with van der Waals surface area (Å²) in [4.78, 5) is 30.0. The normalized spacial score (nSPS) is 13.6. The van der Waals surface area contributed by atoms with Gasteiger partial charge in [-0.1, -0.05) is 78.9 Å². The van der Waals surface area contributed by atoms with Crippen molar-refractivity contribution in [3.8, 4) is 0 Å². The maximum atomic E-state index is 12.9. The number of piperazine rings is 1. The number of urea groups is 1. The fourth-order valence-electron chi connectivity index (χ4n) is 5.11. The molecule has 4 aromatic carbocycles. The van der Waals surface area contributed by atoms with Gasteiger partial charge in [-0.05, 0) is 41.5 Å². The quantitative estimate of drug-likeness (QED) is 0.297. The van der Waals surface area contributed by atoms with E-state index in [4.69, 9.17) is 0 Å². The molecular weight excluding hydrogens is 486 g/mol. The summed E-state index contributed by atoms with van der Waals surface area (Å²) < 4.78 is 0. The molecule has 198 valence electrons. The first-order valence-electron chi connectivity index (χ1n) is 13.2. The van der Waals surface area contributed by atoms with Crippen molar-refractivity contribution >= 4 is 29.0 Å². The number of benzene rings is 4. The smallest absolute Gasteiger partial charge is 0.323 e. The van der Waals surface area contributed by atoms with Gasteiger partial charge in [0.25, 0.3) is 5.91 Å². The van der Waals surface area contributed by atoms with Gasteiger partial charge in [-0.3, -0.25) is 9.69 Å². The van der Waals surface area contributed by atoms with E-state index in [0.717, 1.165) is 31.9 Å². The molecule has 1 saturated heterocycles. The Kier molecular flexibility index (Phi) is 8.19. The number of hydrogen-bond acceptors (Lipinski definition) is 4. The van der Waals surface area contributed by atoms with Crippen molar-refractivity contribution in [1.29, 1.82) is 0 Å². The average Bonchev–Trinajstić information content (AvgIpc) is 2.99. The second-order valence-electron chi connectivity index (χ2n) is 9.50. The third-order valence-electron chi connectivity index (χ3n) is 7.02. The molecule has 1 aliphatic rings. The minimum absolute atomic E-state index is 0.166. The fourth-order valence-corrected chi connectivity index (χ4v) is 5.11. The summed E-state index contributed by atoms with van der Waals surface area (Å²) in [6.45, 7) is 3.26. The van der Waals surface area contributed by atoms with Crippen LogP contribution in [0, 0.1) is 0 Å². The lowest BCUT2D eigenvalue weighted by Crippen LogP contribution is -2.48. The Balaban J connectivity index is 1.36. The molecule has 5 rings (SSSR count). The SMILES string of the molecule is CNC(=O)c1ccc(N2CCN(C(c3ccccc3)c3ccccc3)CC2)c(NC(=O)Nc2ccccc2)c1. The van der Waals surface area contributed by atoms with Crippen LogP contribution in [-0.2, 0) is 0 Å². The molecule has 1 fully saturated rings. The number of rotatable bonds is 7. The molecule has 7 heteroatoms. The first-order chi connectivity index (χ1) is 19.1. The average molecular weight is 520 g/mol. The van der Waals surface area contributed by atoms with Crippen molar-refractivity contribution in [3.05, 3.63) is 126 Å². The zero-order chi connectivity index (χ0) is 27.0. The highest BCUT2D eigenvalue weighted by Gasteiger charge is 2.27.